The summed E-state index contributed by atoms with van der Waals surface area (Å²) in [6.07, 6.45) is 8.58. The van der Waals surface area contributed by atoms with Crippen LogP contribution in [0.5, 0.6) is 0 Å². The maximum atomic E-state index is 12.1. The van der Waals surface area contributed by atoms with Gasteiger partial charge in [0, 0.05) is 50.5 Å². The maximum Gasteiger partial charge on any atom is 0.223 e. The van der Waals surface area contributed by atoms with Gasteiger partial charge in [-0.2, -0.15) is 0 Å². The second kappa shape index (κ2) is 8.04. The summed E-state index contributed by atoms with van der Waals surface area (Å²) in [5.41, 5.74) is 1.17. The van der Waals surface area contributed by atoms with E-state index in [0.29, 0.717) is 6.54 Å². The first-order valence-corrected chi connectivity index (χ1v) is 7.65. The Morgan fingerprint density at radius 1 is 1.50 bits per heavy atom. The van der Waals surface area contributed by atoms with E-state index >= 15 is 0 Å². The van der Waals surface area contributed by atoms with Crippen LogP contribution >= 0.6 is 0 Å². The lowest BCUT2D eigenvalue weighted by molar-refractivity contribution is -0.125. The highest BCUT2D eigenvalue weighted by atomic mass is 16.5. The Balaban J connectivity index is 1.59. The Labute approximate surface area is 120 Å². The highest BCUT2D eigenvalue weighted by Gasteiger charge is 2.24. The van der Waals surface area contributed by atoms with Gasteiger partial charge in [-0.15, -0.1) is 0 Å². The molecule has 2 heterocycles. The van der Waals surface area contributed by atoms with Crippen LogP contribution in [0.1, 0.15) is 38.3 Å². The zero-order chi connectivity index (χ0) is 14.2. The van der Waals surface area contributed by atoms with Crippen LogP contribution in [0.4, 0.5) is 0 Å². The van der Waals surface area contributed by atoms with Crippen LogP contribution in [0.25, 0.3) is 0 Å². The lowest BCUT2D eigenvalue weighted by Gasteiger charge is -2.22. The summed E-state index contributed by atoms with van der Waals surface area (Å²) in [6.45, 7) is 5.32. The molecule has 1 aromatic heterocycles. The van der Waals surface area contributed by atoms with Crippen LogP contribution in [0, 0.1) is 5.92 Å². The van der Waals surface area contributed by atoms with Crippen molar-refractivity contribution in [1.29, 1.82) is 0 Å². The molecule has 0 fully saturated rings. The smallest absolute Gasteiger partial charge is 0.223 e. The number of hydrogen-bond acceptors (Lipinski definition) is 3. The van der Waals surface area contributed by atoms with E-state index in [0.717, 1.165) is 51.9 Å². The average molecular weight is 279 g/mol. The summed E-state index contributed by atoms with van der Waals surface area (Å²) in [5, 5.41) is 3.02. The molecule has 0 aliphatic carbocycles. The Hall–Kier alpha value is -1.36. The summed E-state index contributed by atoms with van der Waals surface area (Å²) < 4.78 is 7.60. The van der Waals surface area contributed by atoms with Gasteiger partial charge < -0.3 is 14.6 Å². The lowest BCUT2D eigenvalue weighted by atomic mass is 9.95. The molecule has 0 saturated heterocycles. The van der Waals surface area contributed by atoms with Gasteiger partial charge in [-0.25, -0.2) is 4.98 Å². The summed E-state index contributed by atoms with van der Waals surface area (Å²) in [5.74, 6) is 0.270. The third-order valence-electron chi connectivity index (χ3n) is 3.75. The van der Waals surface area contributed by atoms with Gasteiger partial charge in [0.2, 0.25) is 5.91 Å². The topological polar surface area (TPSA) is 56.1 Å². The molecule has 2 rings (SSSR count). The number of hydrogen-bond donors (Lipinski definition) is 1. The number of ether oxygens (including phenoxy) is 1. The molecule has 0 radical (unpaired) electrons. The Morgan fingerprint density at radius 2 is 2.35 bits per heavy atom. The van der Waals surface area contributed by atoms with Gasteiger partial charge >= 0.3 is 0 Å². The maximum absolute atomic E-state index is 12.1. The summed E-state index contributed by atoms with van der Waals surface area (Å²) in [4.78, 5) is 16.2. The van der Waals surface area contributed by atoms with Crippen molar-refractivity contribution >= 4 is 5.91 Å². The van der Waals surface area contributed by atoms with E-state index in [1.807, 2.05) is 12.5 Å². The van der Waals surface area contributed by atoms with Crippen molar-refractivity contribution < 1.29 is 9.53 Å². The third kappa shape index (κ3) is 4.34. The first-order valence-electron chi connectivity index (χ1n) is 7.65. The number of unbranched alkanes of at least 4 members (excludes halogenated alkanes) is 1. The normalized spacial score (nSPS) is 17.8. The van der Waals surface area contributed by atoms with E-state index < -0.39 is 0 Å². The number of rotatable bonds is 8. The molecule has 1 atom stereocenters. The van der Waals surface area contributed by atoms with Gasteiger partial charge in [-0.3, -0.25) is 4.79 Å². The number of fused-ring (bicyclic) bond motifs is 1. The van der Waals surface area contributed by atoms with E-state index in [-0.39, 0.29) is 11.8 Å². The molecule has 1 N–H and O–H groups in total. The Bertz CT molecular complexity index is 417. The van der Waals surface area contributed by atoms with E-state index in [4.69, 9.17) is 4.74 Å². The van der Waals surface area contributed by atoms with Gasteiger partial charge in [0.1, 0.15) is 0 Å². The fourth-order valence-electron chi connectivity index (χ4n) is 2.47. The quantitative estimate of drug-likeness (QED) is 0.738. The molecule has 1 aromatic rings. The van der Waals surface area contributed by atoms with Gasteiger partial charge in [-0.1, -0.05) is 13.3 Å². The third-order valence-corrected chi connectivity index (χ3v) is 3.75. The number of imidazole rings is 1. The van der Waals surface area contributed by atoms with Crippen molar-refractivity contribution in [3.63, 3.8) is 0 Å². The van der Waals surface area contributed by atoms with E-state index in [1.54, 1.807) is 0 Å². The average Bonchev–Trinajstić information content (AvgIpc) is 2.93. The molecule has 1 aliphatic heterocycles. The van der Waals surface area contributed by atoms with Crippen LogP contribution in [-0.2, 0) is 22.5 Å². The Morgan fingerprint density at radius 3 is 3.20 bits per heavy atom. The molecule has 0 saturated carbocycles. The fraction of sp³-hybridized carbons (Fsp3) is 0.733. The number of nitrogens with one attached hydrogen (secondary N) is 1. The van der Waals surface area contributed by atoms with E-state index in [1.165, 1.54) is 5.69 Å². The molecule has 1 aliphatic rings. The van der Waals surface area contributed by atoms with Crippen LogP contribution in [-0.4, -0.2) is 35.2 Å². The lowest BCUT2D eigenvalue weighted by Crippen LogP contribution is -2.35. The molecule has 20 heavy (non-hydrogen) atoms. The fourth-order valence-corrected chi connectivity index (χ4v) is 2.47. The molecule has 5 heteroatoms. The second-order valence-electron chi connectivity index (χ2n) is 5.38. The molecular weight excluding hydrogens is 254 g/mol. The van der Waals surface area contributed by atoms with Crippen molar-refractivity contribution in [3.8, 4) is 0 Å². The number of carbonyl (C=O) groups excluding carboxylic acids is 1. The van der Waals surface area contributed by atoms with Gasteiger partial charge in [0.15, 0.2) is 0 Å². The first-order chi connectivity index (χ1) is 9.81. The van der Waals surface area contributed by atoms with Crippen LogP contribution in [0.15, 0.2) is 12.5 Å². The summed E-state index contributed by atoms with van der Waals surface area (Å²) >= 11 is 0. The van der Waals surface area contributed by atoms with E-state index in [9.17, 15) is 4.79 Å². The van der Waals surface area contributed by atoms with Crippen LogP contribution < -0.4 is 5.32 Å². The Kier molecular flexibility index (Phi) is 6.05. The number of aryl methyl sites for hydroxylation is 1. The number of amides is 1. The number of aromatic nitrogens is 2. The molecular formula is C15H25N3O2. The molecule has 5 nitrogen and oxygen atoms in total. The number of nitrogens with zero attached hydrogens (tertiary/aromatic N) is 2. The van der Waals surface area contributed by atoms with Crippen molar-refractivity contribution in [1.82, 2.24) is 14.9 Å². The van der Waals surface area contributed by atoms with Crippen molar-refractivity contribution in [2.24, 2.45) is 5.92 Å². The van der Waals surface area contributed by atoms with Crippen LogP contribution in [0.3, 0.4) is 0 Å². The highest BCUT2D eigenvalue weighted by molar-refractivity contribution is 5.78. The first kappa shape index (κ1) is 15.0. The van der Waals surface area contributed by atoms with Gasteiger partial charge in [0.25, 0.3) is 0 Å². The van der Waals surface area contributed by atoms with E-state index in [2.05, 4.69) is 21.8 Å². The highest BCUT2D eigenvalue weighted by Crippen LogP contribution is 2.19. The predicted octanol–water partition coefficient (Wildman–Crippen LogP) is 1.77. The largest absolute Gasteiger partial charge is 0.381 e. The minimum absolute atomic E-state index is 0.0974. The minimum Gasteiger partial charge on any atom is -0.381 e. The molecule has 0 spiro atoms. The zero-order valence-electron chi connectivity index (χ0n) is 12.3. The second-order valence-corrected chi connectivity index (χ2v) is 5.38. The summed E-state index contributed by atoms with van der Waals surface area (Å²) in [6, 6.07) is 0. The minimum atomic E-state index is 0.0974. The van der Waals surface area contributed by atoms with Gasteiger partial charge in [0.05, 0.1) is 6.33 Å². The molecule has 1 amide bonds. The monoisotopic (exact) mass is 279 g/mol. The van der Waals surface area contributed by atoms with Crippen LogP contribution in [0.2, 0.25) is 0 Å². The predicted molar refractivity (Wildman–Crippen MR) is 77.4 cm³/mol. The molecule has 0 bridgehead atoms. The molecule has 1 unspecified atom stereocenters. The van der Waals surface area contributed by atoms with Gasteiger partial charge in [-0.05, 0) is 19.3 Å². The SMILES string of the molecule is CCCCOCCCNC(=O)C1CCn2cncc2C1. The van der Waals surface area contributed by atoms with Crippen molar-refractivity contribution in [2.45, 2.75) is 45.6 Å². The zero-order valence-corrected chi connectivity index (χ0v) is 12.3. The van der Waals surface area contributed by atoms with Crippen molar-refractivity contribution in [2.75, 3.05) is 19.8 Å². The number of carbonyl (C=O) groups is 1. The molecule has 0 aromatic carbocycles. The summed E-state index contributed by atoms with van der Waals surface area (Å²) in [7, 11) is 0. The van der Waals surface area contributed by atoms with Crippen molar-refractivity contribution in [3.05, 3.63) is 18.2 Å². The molecule has 112 valence electrons. The standard InChI is InChI=1S/C15H25N3O2/c1-2-3-8-20-9-4-6-17-15(19)13-5-7-18-12-16-11-14(18)10-13/h11-13H,2-10H2,1H3,(H,17,19).